The van der Waals surface area contributed by atoms with Gasteiger partial charge in [-0.05, 0) is 144 Å². The predicted octanol–water partition coefficient (Wildman–Crippen LogP) is 15.1. The van der Waals surface area contributed by atoms with Crippen molar-refractivity contribution in [3.8, 4) is 5.75 Å². The molecule has 28 nitrogen and oxygen atoms in total. The van der Waals surface area contributed by atoms with E-state index in [2.05, 4.69) is 0 Å². The van der Waals surface area contributed by atoms with Crippen LogP contribution in [0.1, 0.15) is 106 Å². The molecule has 1 atom stereocenters. The van der Waals surface area contributed by atoms with Gasteiger partial charge in [-0.1, -0.05) is 100 Å². The minimum absolute atomic E-state index is 0.0485. The lowest BCUT2D eigenvalue weighted by Gasteiger charge is -2.24. The Labute approximate surface area is 745 Å². The van der Waals surface area contributed by atoms with E-state index in [1.807, 2.05) is 70.7 Å². The number of rotatable bonds is 32. The van der Waals surface area contributed by atoms with Crippen LogP contribution in [0.2, 0.25) is 25.1 Å². The number of thiazole rings is 1. The molecular formula is C77H78Cl5F6N8O20S8-3. The topological polar surface area (TPSA) is 395 Å². The third kappa shape index (κ3) is 26.0. The van der Waals surface area contributed by atoms with E-state index in [-0.39, 0.29) is 112 Å². The summed E-state index contributed by atoms with van der Waals surface area (Å²) >= 11 is 33.6. The SMILES string of the molecule is CCC(=Cc1oc2ccc(Cl)cc2[n+]1CCCS(=O)(=O)[O-])C=C1Oc2ccc(C)cc2N1CCC(C)S(=O)(=O)[O-].CCN1/C(=C\C=C\c2n(CC)c3cc(Cl)c(C(F)(F)F)cc3[n+]2CCCS(=O)(=O)[O-])N(CCCS(=O)(=O)[O-])c2cc(C(F)(F)F)c(Cl)cc21.O=S(=O)([O-])CCCN1/C(=C/c2sc3ccc(Cl)cc3[n+]2CCCS(=O)(=O)[O-])Sc2ccc(Cl)cc21. The molecule has 47 heteroatoms. The van der Waals surface area contributed by atoms with E-state index >= 15 is 0 Å². The molecule has 9 aromatic rings. The third-order valence-electron chi connectivity index (χ3n) is 19.5. The average Bonchev–Trinajstić information content (AvgIpc) is 1.61. The summed E-state index contributed by atoms with van der Waals surface area (Å²) in [7, 11) is -26.8. The highest BCUT2D eigenvalue weighted by Gasteiger charge is 2.41. The zero-order chi connectivity index (χ0) is 91.3. The highest BCUT2D eigenvalue weighted by Crippen LogP contribution is 2.50. The first-order valence-electron chi connectivity index (χ1n) is 37.7. The summed E-state index contributed by atoms with van der Waals surface area (Å²) in [5.41, 5.74) is 3.75. The molecule has 124 heavy (non-hydrogen) atoms. The second kappa shape index (κ2) is 40.1. The van der Waals surface area contributed by atoms with Crippen LogP contribution in [-0.4, -0.2) is 143 Å². The number of fused-ring (bicyclic) bond motifs is 6. The Bertz CT molecular complexity index is 6470. The lowest BCUT2D eigenvalue weighted by Crippen LogP contribution is -2.37. The van der Waals surface area contributed by atoms with Crippen molar-refractivity contribution in [2.24, 2.45) is 0 Å². The van der Waals surface area contributed by atoms with Crippen molar-refractivity contribution in [1.82, 2.24) is 4.57 Å². The van der Waals surface area contributed by atoms with Crippen molar-refractivity contribution in [3.63, 3.8) is 0 Å². The van der Waals surface area contributed by atoms with Crippen molar-refractivity contribution in [2.75, 3.05) is 74.5 Å². The molecule has 12 rings (SSSR count). The Balaban J connectivity index is 0.000000197. The van der Waals surface area contributed by atoms with Gasteiger partial charge < -0.3 is 56.1 Å². The Morgan fingerprint density at radius 3 is 1.67 bits per heavy atom. The standard InChI is InChI=1S/C29H30Cl2F6N4O6S2.C27H31ClN2O8S2.C21H20Cl2N2O6S4/c1-3-38-24-16-20(30)18(28(32,33)34)14-22(24)40(10-6-12-48(42,43)44)26(38)8-5-9-27-39(4-2)25-17-21(31)19(29(35,36)37)15-23(25)41(27)11-7-13-49(45,46)47;1-4-20(15-26-29(11-5-13-39(31,32)33)23-17-21(28)7-9-25(23)38-26)16-27-30(12-10-19(3)40(34,35)36)22-14-18(2)6-8-24(22)37-27;22-14-3-5-18-16(11-14)24(7-1-9-34(26,27)28)20(32-18)13-21-25(8-2-10-35(29,30)31)17-12-15(23)4-6-19(17)33-21/h5,8-9,14-17H,3-4,6-7,10-13H2,1-2H3,(H-,42,43,44,45,46,47);6-9,14-17,19H,4-5,10-13H2,1-3H3,(H-,31,32,33,34,35,36);3-6,11-13H,1-2,7-10H2,(H-,26,27,28,29,30,31)/p-3. The van der Waals surface area contributed by atoms with Crippen molar-refractivity contribution in [2.45, 2.75) is 128 Å². The van der Waals surface area contributed by atoms with Crippen LogP contribution in [0.25, 0.3) is 50.6 Å². The molecule has 0 saturated heterocycles. The molecule has 674 valence electrons. The molecule has 0 spiro atoms. The monoisotopic (exact) mass is 1980 g/mol. The fraction of sp³-hybridized carbons (Fsp3) is 0.364. The Hall–Kier alpha value is -7.31. The fourth-order valence-corrected chi connectivity index (χ4v) is 19.9. The number of anilines is 4. The number of oxazole rings is 1. The molecule has 0 aliphatic carbocycles. The smallest absolute Gasteiger partial charge is 0.418 e. The van der Waals surface area contributed by atoms with Crippen molar-refractivity contribution >= 4 is 215 Å². The second-order valence-electron chi connectivity index (χ2n) is 28.4. The maximum absolute atomic E-state index is 13.8. The lowest BCUT2D eigenvalue weighted by molar-refractivity contribution is -0.677. The van der Waals surface area contributed by atoms with Gasteiger partial charge in [0.1, 0.15) is 10.5 Å². The van der Waals surface area contributed by atoms with Crippen LogP contribution in [-0.2, 0) is 99.2 Å². The van der Waals surface area contributed by atoms with Gasteiger partial charge in [0.15, 0.2) is 29.9 Å². The molecule has 3 aliphatic rings. The molecule has 6 aromatic carbocycles. The summed E-state index contributed by atoms with van der Waals surface area (Å²) in [6.07, 6.45) is 0.898. The summed E-state index contributed by atoms with van der Waals surface area (Å²) < 4.78 is 305. The predicted molar refractivity (Wildman–Crippen MR) is 458 cm³/mol. The summed E-state index contributed by atoms with van der Waals surface area (Å²) in [6, 6.07) is 25.5. The molecule has 0 radical (unpaired) electrons. The number of benzene rings is 6. The van der Waals surface area contributed by atoms with Crippen molar-refractivity contribution in [3.05, 3.63) is 196 Å². The van der Waals surface area contributed by atoms with Crippen LogP contribution in [0.15, 0.2) is 147 Å². The van der Waals surface area contributed by atoms with E-state index in [1.165, 1.54) is 57.7 Å². The molecule has 1 unspecified atom stereocenters. The van der Waals surface area contributed by atoms with Gasteiger partial charge >= 0.3 is 18.2 Å². The summed E-state index contributed by atoms with van der Waals surface area (Å²) in [4.78, 5) is 7.70. The zero-order valence-electron chi connectivity index (χ0n) is 66.1. The largest absolute Gasteiger partial charge is 0.748 e. The van der Waals surface area contributed by atoms with Crippen molar-refractivity contribution < 1.29 is 127 Å². The van der Waals surface area contributed by atoms with E-state index in [0.29, 0.717) is 63.2 Å². The molecule has 3 aromatic heterocycles. The Morgan fingerprint density at radius 1 is 0.548 bits per heavy atom. The lowest BCUT2D eigenvalue weighted by atomic mass is 10.1. The molecule has 0 saturated carbocycles. The number of thioether (sulfide) groups is 1. The number of ether oxygens (including phenoxy) is 1. The number of alkyl halides is 6. The van der Waals surface area contributed by atoms with Crippen LogP contribution < -0.4 is 38.0 Å². The van der Waals surface area contributed by atoms with Gasteiger partial charge in [-0.25, -0.2) is 59.6 Å². The summed E-state index contributed by atoms with van der Waals surface area (Å²) in [5, 5.41) is 0.909. The number of allylic oxidation sites excluding steroid dienone is 4. The number of nitrogens with zero attached hydrogens (tertiary/aromatic N) is 8. The van der Waals surface area contributed by atoms with Crippen molar-refractivity contribution in [1.29, 1.82) is 0 Å². The van der Waals surface area contributed by atoms with Crippen LogP contribution >= 0.6 is 81.1 Å². The molecular weight excluding hydrogens is 1900 g/mol. The van der Waals surface area contributed by atoms with E-state index in [4.69, 9.17) is 67.2 Å². The minimum Gasteiger partial charge on any atom is -0.748 e. The fourth-order valence-electron chi connectivity index (χ4n) is 13.8. The maximum atomic E-state index is 13.8. The highest BCUT2D eigenvalue weighted by molar-refractivity contribution is 8.04. The van der Waals surface area contributed by atoms with E-state index < -0.39 is 128 Å². The van der Waals surface area contributed by atoms with Gasteiger partial charge in [-0.2, -0.15) is 35.5 Å². The second-order valence-corrected chi connectivity index (χ2v) is 42.0. The van der Waals surface area contributed by atoms with Gasteiger partial charge in [0.05, 0.1) is 135 Å². The maximum Gasteiger partial charge on any atom is 0.418 e. The molecule has 0 amide bonds. The molecule has 6 heterocycles. The number of hydrogen-bond acceptors (Lipinski definition) is 26. The van der Waals surface area contributed by atoms with Crippen LogP contribution in [0, 0.1) is 6.92 Å². The summed E-state index contributed by atoms with van der Waals surface area (Å²) in [6.45, 7) is 9.78. The van der Waals surface area contributed by atoms with Gasteiger partial charge in [0.2, 0.25) is 17.0 Å². The van der Waals surface area contributed by atoms with E-state index in [0.717, 1.165) is 71.9 Å². The summed E-state index contributed by atoms with van der Waals surface area (Å²) in [5.74, 6) is -0.999. The number of halogens is 11. The highest BCUT2D eigenvalue weighted by atomic mass is 35.5. The average molecular weight is 1980 g/mol. The van der Waals surface area contributed by atoms with Crippen LogP contribution in [0.4, 0.5) is 49.1 Å². The number of hydrogen-bond donors (Lipinski definition) is 0. The number of aryl methyl sites for hydroxylation is 5. The quantitative estimate of drug-likeness (QED) is 0.0215. The van der Waals surface area contributed by atoms with Gasteiger partial charge in [0, 0.05) is 129 Å². The molecule has 0 bridgehead atoms. The third-order valence-corrected chi connectivity index (χ3v) is 28.2. The first-order valence-corrected chi connectivity index (χ1v) is 50.6. The minimum atomic E-state index is -4.82. The zero-order valence-corrected chi connectivity index (χ0v) is 76.4. The molecule has 0 fully saturated rings. The van der Waals surface area contributed by atoms with Crippen LogP contribution in [0.5, 0.6) is 5.75 Å². The van der Waals surface area contributed by atoms with Crippen LogP contribution in [0.3, 0.4) is 0 Å². The first-order chi connectivity index (χ1) is 57.7. The van der Waals surface area contributed by atoms with Gasteiger partial charge in [-0.3, -0.25) is 0 Å². The normalized spacial score (nSPS) is 15.6. The van der Waals surface area contributed by atoms with Gasteiger partial charge in [-0.15, -0.1) is 0 Å². The first kappa shape index (κ1) is 98.9. The number of aromatic nitrogens is 4. The molecule has 3 aliphatic heterocycles. The Morgan fingerprint density at radius 2 is 1.09 bits per heavy atom. The van der Waals surface area contributed by atoms with E-state index in [9.17, 15) is 104 Å². The number of imidazole rings is 1. The van der Waals surface area contributed by atoms with E-state index in [1.54, 1.807) is 76.4 Å². The Kier molecular flexibility index (Phi) is 32.0. The molecule has 0 N–H and O–H groups in total. The van der Waals surface area contributed by atoms with Gasteiger partial charge in [0.25, 0.3) is 16.3 Å².